The van der Waals surface area contributed by atoms with E-state index >= 15 is 0 Å². The molecule has 0 aliphatic carbocycles. The van der Waals surface area contributed by atoms with Crippen molar-refractivity contribution in [3.05, 3.63) is 0 Å². The van der Waals surface area contributed by atoms with Crippen LogP contribution in [0.4, 0.5) is 0 Å². The predicted molar refractivity (Wildman–Crippen MR) is 76.6 cm³/mol. The minimum atomic E-state index is -0.221. The fraction of sp³-hybridized carbons (Fsp3) is 0.786. The van der Waals surface area contributed by atoms with Crippen molar-refractivity contribution in [2.24, 2.45) is 16.3 Å². The standard InChI is InChI=1S/C14H27N3O/c1-4-5-6-8-11-16-12-9-7-10-14(2,3)13(15)17-18/h1,16,18H,5-12H2,2-3H3,(H2,15,17). The first kappa shape index (κ1) is 16.8. The molecule has 0 atom stereocenters. The molecule has 0 aromatic carbocycles. The first-order chi connectivity index (χ1) is 8.54. The molecular formula is C14H27N3O. The molecule has 4 N–H and O–H groups in total. The van der Waals surface area contributed by atoms with Gasteiger partial charge in [-0.1, -0.05) is 25.4 Å². The number of rotatable bonds is 10. The normalized spacial score (nSPS) is 12.4. The van der Waals surface area contributed by atoms with Gasteiger partial charge in [-0.3, -0.25) is 0 Å². The number of nitrogens with zero attached hydrogens (tertiary/aromatic N) is 1. The van der Waals surface area contributed by atoms with Gasteiger partial charge in [0.1, 0.15) is 5.84 Å². The minimum Gasteiger partial charge on any atom is -0.409 e. The Morgan fingerprint density at radius 3 is 2.44 bits per heavy atom. The summed E-state index contributed by atoms with van der Waals surface area (Å²) in [4.78, 5) is 0. The molecule has 0 rings (SSSR count). The lowest BCUT2D eigenvalue weighted by molar-refractivity contribution is 0.304. The van der Waals surface area contributed by atoms with E-state index in [0.717, 1.165) is 51.6 Å². The Kier molecular flexibility index (Phi) is 9.13. The monoisotopic (exact) mass is 253 g/mol. The molecule has 0 saturated carbocycles. The largest absolute Gasteiger partial charge is 0.409 e. The van der Waals surface area contributed by atoms with Gasteiger partial charge < -0.3 is 16.3 Å². The van der Waals surface area contributed by atoms with Gasteiger partial charge >= 0.3 is 0 Å². The first-order valence-corrected chi connectivity index (χ1v) is 6.67. The van der Waals surface area contributed by atoms with Crippen molar-refractivity contribution in [3.63, 3.8) is 0 Å². The Morgan fingerprint density at radius 2 is 1.89 bits per heavy atom. The fourth-order valence-corrected chi connectivity index (χ4v) is 1.68. The summed E-state index contributed by atoms with van der Waals surface area (Å²) in [6.45, 7) is 6.04. The zero-order valence-corrected chi connectivity index (χ0v) is 11.7. The zero-order chi connectivity index (χ0) is 13.9. The lowest BCUT2D eigenvalue weighted by Crippen LogP contribution is -2.32. The van der Waals surface area contributed by atoms with E-state index in [0.29, 0.717) is 5.84 Å². The maximum atomic E-state index is 8.65. The number of amidine groups is 1. The third-order valence-electron chi connectivity index (χ3n) is 3.13. The third kappa shape index (κ3) is 7.97. The Hall–Kier alpha value is -1.21. The summed E-state index contributed by atoms with van der Waals surface area (Å²) in [5.74, 6) is 2.95. The van der Waals surface area contributed by atoms with Gasteiger partial charge in [-0.2, -0.15) is 0 Å². The third-order valence-corrected chi connectivity index (χ3v) is 3.13. The predicted octanol–water partition coefficient (Wildman–Crippen LogP) is 2.32. The molecule has 104 valence electrons. The highest BCUT2D eigenvalue weighted by Crippen LogP contribution is 2.22. The van der Waals surface area contributed by atoms with Crippen LogP contribution in [0.15, 0.2) is 5.16 Å². The molecule has 0 aliphatic heterocycles. The number of hydrogen-bond donors (Lipinski definition) is 3. The van der Waals surface area contributed by atoms with Gasteiger partial charge in [0.15, 0.2) is 0 Å². The van der Waals surface area contributed by atoms with Gasteiger partial charge in [0.05, 0.1) is 0 Å². The van der Waals surface area contributed by atoms with E-state index in [2.05, 4.69) is 16.4 Å². The second-order valence-electron chi connectivity index (χ2n) is 5.24. The van der Waals surface area contributed by atoms with Gasteiger partial charge in [-0.25, -0.2) is 0 Å². The summed E-state index contributed by atoms with van der Waals surface area (Å²) in [5.41, 5.74) is 5.41. The molecule has 0 bridgehead atoms. The Labute approximate surface area is 111 Å². The summed E-state index contributed by atoms with van der Waals surface area (Å²) < 4.78 is 0. The molecule has 0 aromatic heterocycles. The fourth-order valence-electron chi connectivity index (χ4n) is 1.68. The Bertz CT molecular complexity index is 279. The Balaban J connectivity index is 3.44. The van der Waals surface area contributed by atoms with Crippen LogP contribution in [-0.2, 0) is 0 Å². The molecule has 0 saturated heterocycles. The van der Waals surface area contributed by atoms with E-state index in [4.69, 9.17) is 17.4 Å². The molecule has 0 unspecified atom stereocenters. The molecule has 0 amide bonds. The smallest absolute Gasteiger partial charge is 0.144 e. The number of oxime groups is 1. The number of nitrogens with two attached hydrogens (primary N) is 1. The SMILES string of the molecule is C#CCCCCNCCCCC(C)(C)C(N)=NO. The van der Waals surface area contributed by atoms with Crippen LogP contribution in [0.5, 0.6) is 0 Å². The van der Waals surface area contributed by atoms with Crippen LogP contribution in [0.25, 0.3) is 0 Å². The van der Waals surface area contributed by atoms with Gasteiger partial charge in [0.2, 0.25) is 0 Å². The molecule has 0 heterocycles. The lowest BCUT2D eigenvalue weighted by atomic mass is 9.86. The van der Waals surface area contributed by atoms with Gasteiger partial charge in [-0.05, 0) is 38.8 Å². The molecule has 4 heteroatoms. The molecule has 0 spiro atoms. The van der Waals surface area contributed by atoms with Crippen molar-refractivity contribution in [2.45, 2.75) is 52.4 Å². The molecule has 0 aliphatic rings. The summed E-state index contributed by atoms with van der Waals surface area (Å²) >= 11 is 0. The van der Waals surface area contributed by atoms with Crippen molar-refractivity contribution in [1.82, 2.24) is 5.32 Å². The van der Waals surface area contributed by atoms with Crippen molar-refractivity contribution < 1.29 is 5.21 Å². The highest BCUT2D eigenvalue weighted by Gasteiger charge is 2.22. The van der Waals surface area contributed by atoms with Crippen LogP contribution in [0.3, 0.4) is 0 Å². The second-order valence-corrected chi connectivity index (χ2v) is 5.24. The van der Waals surface area contributed by atoms with E-state index in [9.17, 15) is 0 Å². The highest BCUT2D eigenvalue weighted by atomic mass is 16.4. The van der Waals surface area contributed by atoms with Crippen molar-refractivity contribution in [1.29, 1.82) is 0 Å². The number of nitrogens with one attached hydrogen (secondary N) is 1. The molecule has 0 radical (unpaired) electrons. The summed E-state index contributed by atoms with van der Waals surface area (Å²) in [6, 6.07) is 0. The van der Waals surface area contributed by atoms with Gasteiger partial charge in [-0.15, -0.1) is 12.3 Å². The van der Waals surface area contributed by atoms with Crippen LogP contribution >= 0.6 is 0 Å². The average molecular weight is 253 g/mol. The van der Waals surface area contributed by atoms with Crippen molar-refractivity contribution in [2.75, 3.05) is 13.1 Å². The van der Waals surface area contributed by atoms with E-state index < -0.39 is 0 Å². The van der Waals surface area contributed by atoms with E-state index in [1.54, 1.807) is 0 Å². The second kappa shape index (κ2) is 9.78. The van der Waals surface area contributed by atoms with Gasteiger partial charge in [0.25, 0.3) is 0 Å². The lowest BCUT2D eigenvalue weighted by Gasteiger charge is -2.22. The van der Waals surface area contributed by atoms with E-state index in [1.165, 1.54) is 0 Å². The van der Waals surface area contributed by atoms with Crippen LogP contribution in [-0.4, -0.2) is 24.1 Å². The highest BCUT2D eigenvalue weighted by molar-refractivity contribution is 5.85. The quantitative estimate of drug-likeness (QED) is 0.140. The topological polar surface area (TPSA) is 70.6 Å². The molecule has 18 heavy (non-hydrogen) atoms. The molecule has 0 fully saturated rings. The zero-order valence-electron chi connectivity index (χ0n) is 11.7. The van der Waals surface area contributed by atoms with E-state index in [1.807, 2.05) is 13.8 Å². The summed E-state index contributed by atoms with van der Waals surface area (Å²) in [6.07, 6.45) is 11.4. The van der Waals surface area contributed by atoms with Crippen LogP contribution < -0.4 is 11.1 Å². The first-order valence-electron chi connectivity index (χ1n) is 6.67. The van der Waals surface area contributed by atoms with Crippen LogP contribution in [0.2, 0.25) is 0 Å². The van der Waals surface area contributed by atoms with Gasteiger partial charge in [0, 0.05) is 11.8 Å². The number of unbranched alkanes of at least 4 members (excludes halogenated alkanes) is 3. The van der Waals surface area contributed by atoms with E-state index in [-0.39, 0.29) is 5.41 Å². The molecular weight excluding hydrogens is 226 g/mol. The van der Waals surface area contributed by atoms with Crippen molar-refractivity contribution in [3.8, 4) is 12.3 Å². The Morgan fingerprint density at radius 1 is 1.28 bits per heavy atom. The number of hydrogen-bond acceptors (Lipinski definition) is 3. The molecule has 0 aromatic rings. The van der Waals surface area contributed by atoms with Crippen LogP contribution in [0.1, 0.15) is 52.4 Å². The maximum absolute atomic E-state index is 8.65. The molecule has 4 nitrogen and oxygen atoms in total. The van der Waals surface area contributed by atoms with Crippen molar-refractivity contribution >= 4 is 5.84 Å². The van der Waals surface area contributed by atoms with Crippen LogP contribution in [0, 0.1) is 17.8 Å². The average Bonchev–Trinajstić information content (AvgIpc) is 2.35. The maximum Gasteiger partial charge on any atom is 0.144 e. The summed E-state index contributed by atoms with van der Waals surface area (Å²) in [5, 5.41) is 15.1. The number of terminal acetylenes is 1. The minimum absolute atomic E-state index is 0.221. The summed E-state index contributed by atoms with van der Waals surface area (Å²) in [7, 11) is 0.